The molecular formula is C16H16O2. The molecule has 2 nitrogen and oxygen atoms in total. The molecule has 0 unspecified atom stereocenters. The second-order valence-electron chi connectivity index (χ2n) is 4.12. The van der Waals surface area contributed by atoms with Gasteiger partial charge in [-0.3, -0.25) is 0 Å². The SMILES string of the molecule is CC(C)=C(Oc1ccccc1)Oc1ccccc1. The van der Waals surface area contributed by atoms with Crippen molar-refractivity contribution in [2.75, 3.05) is 0 Å². The van der Waals surface area contributed by atoms with Crippen LogP contribution < -0.4 is 9.47 Å². The van der Waals surface area contributed by atoms with E-state index in [1.165, 1.54) is 0 Å². The van der Waals surface area contributed by atoms with Gasteiger partial charge in [0.15, 0.2) is 0 Å². The van der Waals surface area contributed by atoms with Crippen LogP contribution in [0.25, 0.3) is 0 Å². The Hall–Kier alpha value is -2.22. The van der Waals surface area contributed by atoms with Crippen molar-refractivity contribution in [2.24, 2.45) is 0 Å². The van der Waals surface area contributed by atoms with Crippen LogP contribution in [0.4, 0.5) is 0 Å². The summed E-state index contributed by atoms with van der Waals surface area (Å²) in [5, 5.41) is 0. The Morgan fingerprint density at radius 1 is 0.667 bits per heavy atom. The zero-order valence-corrected chi connectivity index (χ0v) is 10.6. The lowest BCUT2D eigenvalue weighted by atomic mass is 10.3. The number of hydrogen-bond donors (Lipinski definition) is 0. The van der Waals surface area contributed by atoms with Crippen LogP contribution in [0.1, 0.15) is 13.8 Å². The lowest BCUT2D eigenvalue weighted by molar-refractivity contribution is 0.220. The highest BCUT2D eigenvalue weighted by Crippen LogP contribution is 2.19. The second kappa shape index (κ2) is 5.92. The molecule has 0 saturated heterocycles. The van der Waals surface area contributed by atoms with E-state index in [2.05, 4.69) is 0 Å². The Bertz CT molecular complexity index is 468. The van der Waals surface area contributed by atoms with Crippen LogP contribution in [0.3, 0.4) is 0 Å². The van der Waals surface area contributed by atoms with Gasteiger partial charge in [0.1, 0.15) is 11.5 Å². The van der Waals surface area contributed by atoms with Crippen LogP contribution in [0, 0.1) is 0 Å². The normalized spacial score (nSPS) is 9.67. The highest BCUT2D eigenvalue weighted by molar-refractivity contribution is 5.26. The zero-order chi connectivity index (χ0) is 12.8. The summed E-state index contributed by atoms with van der Waals surface area (Å²) in [6, 6.07) is 19.2. The van der Waals surface area contributed by atoms with Gasteiger partial charge in [0.25, 0.3) is 5.95 Å². The largest absolute Gasteiger partial charge is 0.426 e. The molecule has 18 heavy (non-hydrogen) atoms. The molecule has 0 N–H and O–H groups in total. The molecule has 0 aliphatic carbocycles. The van der Waals surface area contributed by atoms with Crippen LogP contribution >= 0.6 is 0 Å². The van der Waals surface area contributed by atoms with Crippen molar-refractivity contribution in [3.8, 4) is 11.5 Å². The predicted octanol–water partition coefficient (Wildman–Crippen LogP) is 4.40. The van der Waals surface area contributed by atoms with E-state index < -0.39 is 0 Å². The Morgan fingerprint density at radius 2 is 1.06 bits per heavy atom. The molecule has 0 radical (unpaired) electrons. The Labute approximate surface area is 107 Å². The minimum atomic E-state index is 0.521. The van der Waals surface area contributed by atoms with Crippen molar-refractivity contribution in [2.45, 2.75) is 13.8 Å². The summed E-state index contributed by atoms with van der Waals surface area (Å²) in [7, 11) is 0. The van der Waals surface area contributed by atoms with E-state index in [1.54, 1.807) is 0 Å². The summed E-state index contributed by atoms with van der Waals surface area (Å²) in [6.07, 6.45) is 0. The van der Waals surface area contributed by atoms with Gasteiger partial charge in [0.05, 0.1) is 0 Å². The number of hydrogen-bond acceptors (Lipinski definition) is 2. The van der Waals surface area contributed by atoms with Crippen LogP contribution in [0.2, 0.25) is 0 Å². The van der Waals surface area contributed by atoms with Crippen molar-refractivity contribution >= 4 is 0 Å². The van der Waals surface area contributed by atoms with Gasteiger partial charge in [-0.25, -0.2) is 0 Å². The van der Waals surface area contributed by atoms with Gasteiger partial charge in [0.2, 0.25) is 0 Å². The van der Waals surface area contributed by atoms with E-state index in [1.807, 2.05) is 74.5 Å². The molecule has 92 valence electrons. The summed E-state index contributed by atoms with van der Waals surface area (Å²) < 4.78 is 11.5. The second-order valence-corrected chi connectivity index (χ2v) is 4.12. The van der Waals surface area contributed by atoms with Gasteiger partial charge in [-0.05, 0) is 38.1 Å². The van der Waals surface area contributed by atoms with E-state index >= 15 is 0 Å². The molecule has 2 aromatic rings. The summed E-state index contributed by atoms with van der Waals surface area (Å²) in [4.78, 5) is 0. The molecule has 0 heterocycles. The first-order valence-electron chi connectivity index (χ1n) is 5.89. The molecule has 0 fully saturated rings. The summed E-state index contributed by atoms with van der Waals surface area (Å²) >= 11 is 0. The van der Waals surface area contributed by atoms with Gasteiger partial charge >= 0.3 is 0 Å². The van der Waals surface area contributed by atoms with Gasteiger partial charge in [0, 0.05) is 5.57 Å². The first kappa shape index (κ1) is 12.2. The highest BCUT2D eigenvalue weighted by Gasteiger charge is 2.05. The highest BCUT2D eigenvalue weighted by atomic mass is 16.7. The van der Waals surface area contributed by atoms with E-state index in [-0.39, 0.29) is 0 Å². The average Bonchev–Trinajstić information content (AvgIpc) is 2.40. The molecule has 2 heteroatoms. The third-order valence-corrected chi connectivity index (χ3v) is 2.32. The first-order valence-corrected chi connectivity index (χ1v) is 5.89. The fraction of sp³-hybridized carbons (Fsp3) is 0.125. The van der Waals surface area contributed by atoms with Crippen molar-refractivity contribution in [3.05, 3.63) is 72.2 Å². The van der Waals surface area contributed by atoms with Gasteiger partial charge in [-0.1, -0.05) is 36.4 Å². The Kier molecular flexibility index (Phi) is 4.02. The molecule has 0 saturated carbocycles. The maximum atomic E-state index is 5.74. The van der Waals surface area contributed by atoms with Crippen molar-refractivity contribution < 1.29 is 9.47 Å². The van der Waals surface area contributed by atoms with Crippen molar-refractivity contribution in [1.29, 1.82) is 0 Å². The lowest BCUT2D eigenvalue weighted by Crippen LogP contribution is -2.05. The summed E-state index contributed by atoms with van der Waals surface area (Å²) in [5.74, 6) is 2.06. The molecule has 0 aliphatic rings. The maximum Gasteiger partial charge on any atom is 0.288 e. The van der Waals surface area contributed by atoms with Crippen LogP contribution in [-0.2, 0) is 0 Å². The summed E-state index contributed by atoms with van der Waals surface area (Å²) in [6.45, 7) is 3.92. The number of benzene rings is 2. The van der Waals surface area contributed by atoms with Gasteiger partial charge in [-0.15, -0.1) is 0 Å². The molecule has 2 aromatic carbocycles. The monoisotopic (exact) mass is 240 g/mol. The molecule has 0 atom stereocenters. The Balaban J connectivity index is 2.14. The molecular weight excluding hydrogens is 224 g/mol. The van der Waals surface area contributed by atoms with Crippen LogP contribution in [-0.4, -0.2) is 0 Å². The van der Waals surface area contributed by atoms with Crippen LogP contribution in [0.15, 0.2) is 72.2 Å². The number of allylic oxidation sites excluding steroid dienone is 1. The zero-order valence-electron chi connectivity index (χ0n) is 10.6. The topological polar surface area (TPSA) is 18.5 Å². The minimum absolute atomic E-state index is 0.521. The molecule has 2 rings (SSSR count). The average molecular weight is 240 g/mol. The number of rotatable bonds is 4. The van der Waals surface area contributed by atoms with E-state index in [4.69, 9.17) is 9.47 Å². The number of para-hydroxylation sites is 2. The van der Waals surface area contributed by atoms with Crippen molar-refractivity contribution in [3.63, 3.8) is 0 Å². The summed E-state index contributed by atoms with van der Waals surface area (Å²) in [5.41, 5.74) is 0.989. The fourth-order valence-corrected chi connectivity index (χ4v) is 1.42. The molecule has 0 aliphatic heterocycles. The molecule has 0 aromatic heterocycles. The Morgan fingerprint density at radius 3 is 1.39 bits per heavy atom. The quantitative estimate of drug-likeness (QED) is 0.737. The van der Waals surface area contributed by atoms with Crippen molar-refractivity contribution in [1.82, 2.24) is 0 Å². The fourth-order valence-electron chi connectivity index (χ4n) is 1.42. The van der Waals surface area contributed by atoms with E-state index in [0.717, 1.165) is 17.1 Å². The van der Waals surface area contributed by atoms with Crippen LogP contribution in [0.5, 0.6) is 11.5 Å². The maximum absolute atomic E-state index is 5.74. The van der Waals surface area contributed by atoms with E-state index in [9.17, 15) is 0 Å². The first-order chi connectivity index (χ1) is 8.75. The molecule has 0 bridgehead atoms. The minimum Gasteiger partial charge on any atom is -0.426 e. The third-order valence-electron chi connectivity index (χ3n) is 2.32. The predicted molar refractivity (Wildman–Crippen MR) is 72.5 cm³/mol. The third kappa shape index (κ3) is 3.39. The molecule has 0 spiro atoms. The smallest absolute Gasteiger partial charge is 0.288 e. The standard InChI is InChI=1S/C16H16O2/c1-13(2)16(17-14-9-5-3-6-10-14)18-15-11-7-4-8-12-15/h3-12H,1-2H3. The lowest BCUT2D eigenvalue weighted by Gasteiger charge is -2.12. The van der Waals surface area contributed by atoms with Gasteiger partial charge in [-0.2, -0.15) is 0 Å². The molecule has 0 amide bonds. The van der Waals surface area contributed by atoms with E-state index in [0.29, 0.717) is 5.95 Å². The van der Waals surface area contributed by atoms with Gasteiger partial charge < -0.3 is 9.47 Å². The number of ether oxygens (including phenoxy) is 2.